The summed E-state index contributed by atoms with van der Waals surface area (Å²) in [5.74, 6) is 0.304. The summed E-state index contributed by atoms with van der Waals surface area (Å²) < 4.78 is 5.21. The van der Waals surface area contributed by atoms with Gasteiger partial charge in [-0.05, 0) is 24.3 Å². The van der Waals surface area contributed by atoms with Crippen LogP contribution in [0.4, 0.5) is 5.69 Å². The number of benzene rings is 2. The summed E-state index contributed by atoms with van der Waals surface area (Å²) in [7, 11) is 0. The third-order valence-corrected chi connectivity index (χ3v) is 2.71. The molecule has 0 aliphatic carbocycles. The Kier molecular flexibility index (Phi) is 2.34. The predicted octanol–water partition coefficient (Wildman–Crippen LogP) is 2.44. The minimum Gasteiger partial charge on any atom is -0.403 e. The first-order valence-corrected chi connectivity index (χ1v) is 5.50. The highest BCUT2D eigenvalue weighted by Crippen LogP contribution is 2.20. The quantitative estimate of drug-likeness (QED) is 0.661. The van der Waals surface area contributed by atoms with Crippen LogP contribution in [0.5, 0.6) is 0 Å². The third kappa shape index (κ3) is 1.64. The van der Waals surface area contributed by atoms with Crippen molar-refractivity contribution >= 4 is 16.6 Å². The van der Waals surface area contributed by atoms with E-state index in [9.17, 15) is 4.79 Å². The van der Waals surface area contributed by atoms with Crippen molar-refractivity contribution in [3.05, 3.63) is 59.0 Å². The molecule has 0 unspecified atom stereocenters. The van der Waals surface area contributed by atoms with Gasteiger partial charge in [-0.1, -0.05) is 24.3 Å². The smallest absolute Gasteiger partial charge is 0.349 e. The highest BCUT2D eigenvalue weighted by molar-refractivity contribution is 5.89. The molecule has 0 aliphatic heterocycles. The van der Waals surface area contributed by atoms with Crippen LogP contribution < -0.4 is 11.4 Å². The minimum atomic E-state index is -0.461. The molecule has 0 saturated carbocycles. The summed E-state index contributed by atoms with van der Waals surface area (Å²) in [5.41, 5.74) is 6.98. The molecule has 0 saturated heterocycles. The second-order valence-corrected chi connectivity index (χ2v) is 3.91. The molecule has 3 rings (SSSR count). The second-order valence-electron chi connectivity index (χ2n) is 3.91. The molecule has 3 aromatic rings. The molecule has 0 aliphatic rings. The molecular formula is C14H10N2O2. The first-order valence-electron chi connectivity index (χ1n) is 5.50. The van der Waals surface area contributed by atoms with Crippen LogP contribution in [0.25, 0.3) is 22.4 Å². The lowest BCUT2D eigenvalue weighted by molar-refractivity contribution is 0.518. The maximum Gasteiger partial charge on any atom is 0.349 e. The summed E-state index contributed by atoms with van der Waals surface area (Å²) in [6.45, 7) is 0. The van der Waals surface area contributed by atoms with Crippen molar-refractivity contribution in [2.24, 2.45) is 0 Å². The zero-order chi connectivity index (χ0) is 12.5. The van der Waals surface area contributed by atoms with Crippen LogP contribution in [-0.2, 0) is 0 Å². The molecule has 0 radical (unpaired) electrons. The number of fused-ring (bicyclic) bond motifs is 1. The molecule has 1 aromatic heterocycles. The van der Waals surface area contributed by atoms with Gasteiger partial charge in [0.1, 0.15) is 5.39 Å². The van der Waals surface area contributed by atoms with Gasteiger partial charge in [-0.2, -0.15) is 0 Å². The van der Waals surface area contributed by atoms with Gasteiger partial charge in [0.25, 0.3) is 0 Å². The van der Waals surface area contributed by atoms with Crippen molar-refractivity contribution in [2.75, 3.05) is 5.73 Å². The maximum atomic E-state index is 11.9. The van der Waals surface area contributed by atoms with E-state index in [0.717, 1.165) is 5.56 Å². The normalized spacial score (nSPS) is 10.7. The van der Waals surface area contributed by atoms with Crippen LogP contribution in [0.3, 0.4) is 0 Å². The van der Waals surface area contributed by atoms with E-state index in [1.807, 2.05) is 30.3 Å². The van der Waals surface area contributed by atoms with Crippen LogP contribution in [0, 0.1) is 0 Å². The van der Waals surface area contributed by atoms with E-state index >= 15 is 0 Å². The molecule has 0 atom stereocenters. The lowest BCUT2D eigenvalue weighted by atomic mass is 10.2. The van der Waals surface area contributed by atoms with Gasteiger partial charge in [-0.15, -0.1) is 0 Å². The van der Waals surface area contributed by atoms with Gasteiger partial charge >= 0.3 is 5.63 Å². The summed E-state index contributed by atoms with van der Waals surface area (Å²) in [6, 6.07) is 14.5. The van der Waals surface area contributed by atoms with E-state index in [-0.39, 0.29) is 0 Å². The second kappa shape index (κ2) is 4.00. The van der Waals surface area contributed by atoms with Crippen molar-refractivity contribution in [1.29, 1.82) is 0 Å². The SMILES string of the molecule is Nc1cccc2nc(-c3ccccc3)oc(=O)c12. The van der Waals surface area contributed by atoms with Gasteiger partial charge in [0.2, 0.25) is 5.89 Å². The van der Waals surface area contributed by atoms with Gasteiger partial charge in [0, 0.05) is 11.3 Å². The van der Waals surface area contributed by atoms with Crippen molar-refractivity contribution < 1.29 is 4.42 Å². The summed E-state index contributed by atoms with van der Waals surface area (Å²) in [5, 5.41) is 0.331. The molecule has 2 N–H and O–H groups in total. The molecule has 0 spiro atoms. The minimum absolute atomic E-state index is 0.304. The Labute approximate surface area is 103 Å². The number of hydrogen-bond acceptors (Lipinski definition) is 4. The number of nitrogen functional groups attached to an aromatic ring is 1. The lowest BCUT2D eigenvalue weighted by Crippen LogP contribution is -2.05. The molecular weight excluding hydrogens is 228 g/mol. The van der Waals surface area contributed by atoms with Crippen molar-refractivity contribution in [3.8, 4) is 11.5 Å². The zero-order valence-corrected chi connectivity index (χ0v) is 9.46. The van der Waals surface area contributed by atoms with Gasteiger partial charge in [0.05, 0.1) is 5.52 Å². The molecule has 1 heterocycles. The van der Waals surface area contributed by atoms with Crippen LogP contribution >= 0.6 is 0 Å². The number of hydrogen-bond donors (Lipinski definition) is 1. The maximum absolute atomic E-state index is 11.9. The monoisotopic (exact) mass is 238 g/mol. The molecule has 2 aromatic carbocycles. The van der Waals surface area contributed by atoms with E-state index in [0.29, 0.717) is 22.5 Å². The lowest BCUT2D eigenvalue weighted by Gasteiger charge is -2.02. The fourth-order valence-corrected chi connectivity index (χ4v) is 1.85. The standard InChI is InChI=1S/C14H10N2O2/c15-10-7-4-8-11-12(10)14(17)18-13(16-11)9-5-2-1-3-6-9/h1-8H,15H2. The van der Waals surface area contributed by atoms with Crippen LogP contribution in [0.15, 0.2) is 57.7 Å². The summed E-state index contributed by atoms with van der Waals surface area (Å²) in [6.07, 6.45) is 0. The molecule has 0 amide bonds. The first kappa shape index (κ1) is 10.5. The fourth-order valence-electron chi connectivity index (χ4n) is 1.85. The van der Waals surface area contributed by atoms with Crippen LogP contribution in [-0.4, -0.2) is 4.98 Å². The van der Waals surface area contributed by atoms with E-state index in [4.69, 9.17) is 10.2 Å². The van der Waals surface area contributed by atoms with E-state index in [1.165, 1.54) is 0 Å². The van der Waals surface area contributed by atoms with Gasteiger partial charge in [-0.3, -0.25) is 0 Å². The number of anilines is 1. The fraction of sp³-hybridized carbons (Fsp3) is 0. The zero-order valence-electron chi connectivity index (χ0n) is 9.46. The van der Waals surface area contributed by atoms with Crippen molar-refractivity contribution in [2.45, 2.75) is 0 Å². The average Bonchev–Trinajstić information content (AvgIpc) is 2.39. The van der Waals surface area contributed by atoms with Crippen LogP contribution in [0.1, 0.15) is 0 Å². The number of aromatic nitrogens is 1. The van der Waals surface area contributed by atoms with Crippen LogP contribution in [0.2, 0.25) is 0 Å². The Morgan fingerprint density at radius 3 is 2.56 bits per heavy atom. The molecule has 88 valence electrons. The molecule has 0 fully saturated rings. The first-order chi connectivity index (χ1) is 8.75. The average molecular weight is 238 g/mol. The van der Waals surface area contributed by atoms with Gasteiger partial charge in [0.15, 0.2) is 0 Å². The highest BCUT2D eigenvalue weighted by atomic mass is 16.4. The summed E-state index contributed by atoms with van der Waals surface area (Å²) >= 11 is 0. The Balaban J connectivity index is 2.33. The van der Waals surface area contributed by atoms with Gasteiger partial charge < -0.3 is 10.2 Å². The Morgan fingerprint density at radius 2 is 1.78 bits per heavy atom. The Bertz CT molecular complexity index is 764. The summed E-state index contributed by atoms with van der Waals surface area (Å²) in [4.78, 5) is 16.2. The number of nitrogens with zero attached hydrogens (tertiary/aromatic N) is 1. The number of nitrogens with two attached hydrogens (primary N) is 1. The molecule has 4 heteroatoms. The third-order valence-electron chi connectivity index (χ3n) is 2.71. The molecule has 0 bridgehead atoms. The largest absolute Gasteiger partial charge is 0.403 e. The van der Waals surface area contributed by atoms with Crippen molar-refractivity contribution in [3.63, 3.8) is 0 Å². The Hall–Kier alpha value is -2.62. The number of rotatable bonds is 1. The Morgan fingerprint density at radius 1 is 1.00 bits per heavy atom. The van der Waals surface area contributed by atoms with E-state index in [1.54, 1.807) is 18.2 Å². The topological polar surface area (TPSA) is 69.1 Å². The van der Waals surface area contributed by atoms with E-state index < -0.39 is 5.63 Å². The molecule has 18 heavy (non-hydrogen) atoms. The van der Waals surface area contributed by atoms with E-state index in [2.05, 4.69) is 4.98 Å². The van der Waals surface area contributed by atoms with Crippen molar-refractivity contribution in [1.82, 2.24) is 4.98 Å². The van der Waals surface area contributed by atoms with Gasteiger partial charge in [-0.25, -0.2) is 9.78 Å². The highest BCUT2D eigenvalue weighted by Gasteiger charge is 2.09. The molecule has 4 nitrogen and oxygen atoms in total. The predicted molar refractivity (Wildman–Crippen MR) is 70.1 cm³/mol.